The third-order valence-electron chi connectivity index (χ3n) is 3.59. The molecule has 1 heterocycles. The molecule has 2 rings (SSSR count). The number of hydrogen-bond donors (Lipinski definition) is 1. The average Bonchev–Trinajstić information content (AvgIpc) is 2.49. The van der Waals surface area contributed by atoms with Gasteiger partial charge in [0, 0.05) is 19.1 Å². The van der Waals surface area contributed by atoms with Crippen molar-refractivity contribution in [2.24, 2.45) is 0 Å². The zero-order chi connectivity index (χ0) is 16.3. The first-order valence-electron chi connectivity index (χ1n) is 6.86. The molecule has 3 nitrogen and oxygen atoms in total. The number of carbonyl (C=O) groups excluding carboxylic acids is 1. The van der Waals surface area contributed by atoms with E-state index in [1.807, 2.05) is 0 Å². The first-order valence-corrected chi connectivity index (χ1v) is 6.86. The highest BCUT2D eigenvalue weighted by molar-refractivity contribution is 5.94. The number of piperidine rings is 1. The Bertz CT molecular complexity index is 565. The summed E-state index contributed by atoms with van der Waals surface area (Å²) >= 11 is 0. The highest BCUT2D eigenvalue weighted by atomic mass is 19.2. The molecule has 1 amide bonds. The molecule has 1 fully saturated rings. The molecular formula is C14H15F5N2O. The Hall–Kier alpha value is -1.70. The van der Waals surface area contributed by atoms with Crippen LogP contribution in [0.15, 0.2) is 6.07 Å². The van der Waals surface area contributed by atoms with Gasteiger partial charge in [-0.15, -0.1) is 0 Å². The fourth-order valence-electron chi connectivity index (χ4n) is 2.50. The molecule has 0 bridgehead atoms. The highest BCUT2D eigenvalue weighted by Gasteiger charge is 2.26. The molecule has 0 spiro atoms. The van der Waals surface area contributed by atoms with Gasteiger partial charge in [0.2, 0.25) is 0 Å². The molecule has 1 atom stereocenters. The summed E-state index contributed by atoms with van der Waals surface area (Å²) in [6.07, 6.45) is 1.29. The van der Waals surface area contributed by atoms with Gasteiger partial charge in [0.25, 0.3) is 5.91 Å². The van der Waals surface area contributed by atoms with Gasteiger partial charge in [0.15, 0.2) is 23.3 Å². The molecule has 1 aromatic rings. The number of nitrogens with one attached hydrogen (secondary N) is 1. The molecule has 0 aliphatic carbocycles. The Kier molecular flexibility index (Phi) is 5.33. The minimum absolute atomic E-state index is 0.223. The van der Waals surface area contributed by atoms with Crippen molar-refractivity contribution in [3.05, 3.63) is 34.9 Å². The fraction of sp³-hybridized carbons (Fsp3) is 0.500. The molecule has 1 N–H and O–H groups in total. The monoisotopic (exact) mass is 322 g/mol. The normalized spacial score (nSPS) is 19.2. The van der Waals surface area contributed by atoms with Crippen LogP contribution in [0.5, 0.6) is 0 Å². The molecule has 1 unspecified atom stereocenters. The van der Waals surface area contributed by atoms with E-state index in [0.29, 0.717) is 32.0 Å². The minimum atomic E-state index is -2.02. The number of alkyl halides is 1. The molecule has 1 aliphatic heterocycles. The van der Waals surface area contributed by atoms with Crippen LogP contribution in [0.2, 0.25) is 0 Å². The summed E-state index contributed by atoms with van der Waals surface area (Å²) in [6.45, 7) is 0.748. The third kappa shape index (κ3) is 3.55. The predicted octanol–water partition coefficient (Wildman–Crippen LogP) is 2.41. The zero-order valence-corrected chi connectivity index (χ0v) is 11.6. The SMILES string of the molecule is O=C(NC1CCCN(CCF)C1)c1cc(F)c(F)c(F)c1F. The standard InChI is InChI=1S/C14H15F5N2O/c15-3-5-21-4-1-2-8(7-21)20-14(22)9-6-10(16)12(18)13(19)11(9)17/h6,8H,1-5,7H2,(H,20,22). The number of carbonyl (C=O) groups is 1. The van der Waals surface area contributed by atoms with Gasteiger partial charge in [-0.3, -0.25) is 9.69 Å². The van der Waals surface area contributed by atoms with Crippen molar-refractivity contribution in [1.82, 2.24) is 10.2 Å². The maximum atomic E-state index is 13.5. The number of halogens is 5. The van der Waals surface area contributed by atoms with Gasteiger partial charge in [-0.05, 0) is 25.5 Å². The maximum Gasteiger partial charge on any atom is 0.254 e. The van der Waals surface area contributed by atoms with E-state index in [1.165, 1.54) is 0 Å². The number of hydrogen-bond acceptors (Lipinski definition) is 2. The van der Waals surface area contributed by atoms with E-state index in [0.717, 1.165) is 0 Å². The summed E-state index contributed by atoms with van der Waals surface area (Å²) in [6, 6.07) is -0.0611. The third-order valence-corrected chi connectivity index (χ3v) is 3.59. The van der Waals surface area contributed by atoms with Crippen molar-refractivity contribution in [2.75, 3.05) is 26.3 Å². The van der Waals surface area contributed by atoms with Gasteiger partial charge in [-0.2, -0.15) is 0 Å². The fourth-order valence-corrected chi connectivity index (χ4v) is 2.50. The molecule has 1 aliphatic rings. The second kappa shape index (κ2) is 7.04. The van der Waals surface area contributed by atoms with E-state index in [-0.39, 0.29) is 12.6 Å². The van der Waals surface area contributed by atoms with Gasteiger partial charge in [-0.25, -0.2) is 22.0 Å². The molecule has 122 valence electrons. The van der Waals surface area contributed by atoms with E-state index in [4.69, 9.17) is 0 Å². The molecule has 1 aromatic carbocycles. The van der Waals surface area contributed by atoms with Crippen LogP contribution in [0.25, 0.3) is 0 Å². The number of amides is 1. The highest BCUT2D eigenvalue weighted by Crippen LogP contribution is 2.19. The Labute approximate surface area is 124 Å². The van der Waals surface area contributed by atoms with Gasteiger partial charge in [-0.1, -0.05) is 0 Å². The predicted molar refractivity (Wildman–Crippen MR) is 69.2 cm³/mol. The van der Waals surface area contributed by atoms with E-state index >= 15 is 0 Å². The van der Waals surface area contributed by atoms with Gasteiger partial charge >= 0.3 is 0 Å². The lowest BCUT2D eigenvalue weighted by molar-refractivity contribution is 0.0895. The number of nitrogens with zero attached hydrogens (tertiary/aromatic N) is 1. The number of likely N-dealkylation sites (tertiary alicyclic amines) is 1. The van der Waals surface area contributed by atoms with Crippen LogP contribution in [-0.2, 0) is 0 Å². The number of rotatable bonds is 4. The lowest BCUT2D eigenvalue weighted by Crippen LogP contribution is -2.48. The Balaban J connectivity index is 2.09. The largest absolute Gasteiger partial charge is 0.348 e. The molecule has 0 saturated carbocycles. The summed E-state index contributed by atoms with van der Waals surface area (Å²) in [5.41, 5.74) is -0.890. The Morgan fingerprint density at radius 1 is 1.23 bits per heavy atom. The molecule has 8 heteroatoms. The molecule has 22 heavy (non-hydrogen) atoms. The topological polar surface area (TPSA) is 32.3 Å². The van der Waals surface area contributed by atoms with Gasteiger partial charge in [0.1, 0.15) is 6.67 Å². The van der Waals surface area contributed by atoms with E-state index < -0.39 is 41.4 Å². The summed E-state index contributed by atoms with van der Waals surface area (Å²) in [5, 5.41) is 2.44. The molecule has 1 saturated heterocycles. The van der Waals surface area contributed by atoms with Crippen LogP contribution in [-0.4, -0.2) is 43.2 Å². The van der Waals surface area contributed by atoms with Crippen LogP contribution < -0.4 is 5.32 Å². The summed E-state index contributed by atoms with van der Waals surface area (Å²) < 4.78 is 65.0. The second-order valence-electron chi connectivity index (χ2n) is 5.15. The lowest BCUT2D eigenvalue weighted by atomic mass is 10.0. The van der Waals surface area contributed by atoms with Crippen LogP contribution in [0.4, 0.5) is 22.0 Å². The van der Waals surface area contributed by atoms with E-state index in [1.54, 1.807) is 4.90 Å². The van der Waals surface area contributed by atoms with Crippen molar-refractivity contribution in [1.29, 1.82) is 0 Å². The van der Waals surface area contributed by atoms with Crippen LogP contribution in [0.3, 0.4) is 0 Å². The van der Waals surface area contributed by atoms with Crippen molar-refractivity contribution < 1.29 is 26.7 Å². The lowest BCUT2D eigenvalue weighted by Gasteiger charge is -2.32. The first kappa shape index (κ1) is 16.7. The van der Waals surface area contributed by atoms with E-state index in [2.05, 4.69) is 5.32 Å². The Morgan fingerprint density at radius 2 is 1.95 bits per heavy atom. The van der Waals surface area contributed by atoms with E-state index in [9.17, 15) is 26.7 Å². The van der Waals surface area contributed by atoms with Crippen molar-refractivity contribution in [2.45, 2.75) is 18.9 Å². The Morgan fingerprint density at radius 3 is 2.64 bits per heavy atom. The van der Waals surface area contributed by atoms with Crippen LogP contribution in [0.1, 0.15) is 23.2 Å². The number of benzene rings is 1. The smallest absolute Gasteiger partial charge is 0.254 e. The van der Waals surface area contributed by atoms with Crippen molar-refractivity contribution in [3.63, 3.8) is 0 Å². The van der Waals surface area contributed by atoms with Crippen molar-refractivity contribution in [3.8, 4) is 0 Å². The van der Waals surface area contributed by atoms with Crippen LogP contribution >= 0.6 is 0 Å². The molecular weight excluding hydrogens is 307 g/mol. The van der Waals surface area contributed by atoms with Gasteiger partial charge < -0.3 is 5.32 Å². The zero-order valence-electron chi connectivity index (χ0n) is 11.6. The molecule has 0 radical (unpaired) electrons. The van der Waals surface area contributed by atoms with Crippen molar-refractivity contribution >= 4 is 5.91 Å². The summed E-state index contributed by atoms with van der Waals surface area (Å²) in [5.74, 6) is -8.37. The van der Waals surface area contributed by atoms with Gasteiger partial charge in [0.05, 0.1) is 5.56 Å². The second-order valence-corrected chi connectivity index (χ2v) is 5.15. The summed E-state index contributed by atoms with van der Waals surface area (Å²) in [4.78, 5) is 13.7. The van der Waals surface area contributed by atoms with Crippen LogP contribution in [0, 0.1) is 23.3 Å². The average molecular weight is 322 g/mol. The quantitative estimate of drug-likeness (QED) is 0.524. The minimum Gasteiger partial charge on any atom is -0.348 e. The summed E-state index contributed by atoms with van der Waals surface area (Å²) in [7, 11) is 0. The molecule has 0 aromatic heterocycles. The first-order chi connectivity index (χ1) is 10.4. The maximum absolute atomic E-state index is 13.5.